The summed E-state index contributed by atoms with van der Waals surface area (Å²) in [5.74, 6) is -0.00481. The first-order valence-corrected chi connectivity index (χ1v) is 13.2. The molecule has 1 atom stereocenters. The third-order valence-corrected chi connectivity index (χ3v) is 7.08. The van der Waals surface area contributed by atoms with Gasteiger partial charge in [-0.2, -0.15) is 11.8 Å². The number of nitrogens with zero attached hydrogens (tertiary/aromatic N) is 3. The number of aliphatic carboxylic acids is 1. The molecule has 8 nitrogen and oxygen atoms in total. The molecule has 0 radical (unpaired) electrons. The molecule has 0 amide bonds. The maximum atomic E-state index is 15.1. The molecule has 1 unspecified atom stereocenters. The van der Waals surface area contributed by atoms with Crippen LogP contribution in [0.15, 0.2) is 54.9 Å². The lowest BCUT2D eigenvalue weighted by atomic mass is 9.87. The summed E-state index contributed by atoms with van der Waals surface area (Å²) in [6, 6.07) is 14.2. The molecule has 2 aromatic heterocycles. The third-order valence-electron chi connectivity index (χ3n) is 6.47. The summed E-state index contributed by atoms with van der Waals surface area (Å²) >= 11 is 1.46. The van der Waals surface area contributed by atoms with Crippen molar-refractivity contribution in [3.63, 3.8) is 0 Å². The summed E-state index contributed by atoms with van der Waals surface area (Å²) < 4.78 is 22.8. The van der Waals surface area contributed by atoms with E-state index in [2.05, 4.69) is 38.9 Å². The number of carboxylic acids is 1. The van der Waals surface area contributed by atoms with Crippen molar-refractivity contribution in [3.8, 4) is 17.0 Å². The maximum absolute atomic E-state index is 15.1. The number of benzene rings is 2. The van der Waals surface area contributed by atoms with Gasteiger partial charge < -0.3 is 25.5 Å². The molecule has 0 saturated heterocycles. The largest absolute Gasteiger partial charge is 0.496 e. The zero-order valence-corrected chi connectivity index (χ0v) is 21.8. The molecule has 4 rings (SSSR count). The molecule has 0 aliphatic carbocycles. The van der Waals surface area contributed by atoms with E-state index in [-0.39, 0.29) is 12.0 Å². The predicted octanol–water partition coefficient (Wildman–Crippen LogP) is 4.66. The lowest BCUT2D eigenvalue weighted by molar-refractivity contribution is -0.144. The smallest absolute Gasteiger partial charge is 0.328 e. The van der Waals surface area contributed by atoms with Crippen LogP contribution in [-0.2, 0) is 16.9 Å². The molecule has 0 aliphatic heterocycles. The monoisotopic (exact) mass is 523 g/mol. The Balaban J connectivity index is 1.50. The van der Waals surface area contributed by atoms with Crippen molar-refractivity contribution in [1.29, 1.82) is 0 Å². The molecule has 37 heavy (non-hydrogen) atoms. The molecule has 0 aliphatic rings. The van der Waals surface area contributed by atoms with Crippen LogP contribution in [0.2, 0.25) is 0 Å². The highest BCUT2D eigenvalue weighted by atomic mass is 32.2. The maximum Gasteiger partial charge on any atom is 0.328 e. The van der Waals surface area contributed by atoms with Crippen LogP contribution in [0.25, 0.3) is 22.2 Å². The summed E-state index contributed by atoms with van der Waals surface area (Å²) in [7, 11) is 1.67. The standard InChI is InChI=1S/C27H30FN5O3S/c1-17-13-19-23(5-4-6-24(19)36-2)33(17)11-10-30-25-15-22(31-16-32-25)18-7-8-20(21(28)14-18)27(29,26(34)35)9-12-37-3/h4-8,13-16H,9-12,29H2,1-3H3,(H,34,35)(H,30,31,32). The van der Waals surface area contributed by atoms with Crippen molar-refractivity contribution >= 4 is 34.5 Å². The summed E-state index contributed by atoms with van der Waals surface area (Å²) in [5, 5.41) is 14.0. The van der Waals surface area contributed by atoms with Gasteiger partial charge in [0, 0.05) is 41.4 Å². The molecular formula is C27H30FN5O3S. The number of hydrogen-bond donors (Lipinski definition) is 3. The van der Waals surface area contributed by atoms with E-state index >= 15 is 4.39 Å². The molecule has 0 fully saturated rings. The van der Waals surface area contributed by atoms with Gasteiger partial charge in [0.25, 0.3) is 0 Å². The Morgan fingerprint density at radius 3 is 2.76 bits per heavy atom. The molecule has 0 saturated carbocycles. The minimum atomic E-state index is -1.80. The van der Waals surface area contributed by atoms with Crippen LogP contribution in [0.1, 0.15) is 17.7 Å². The van der Waals surface area contributed by atoms with E-state index in [1.54, 1.807) is 19.2 Å². The van der Waals surface area contributed by atoms with Crippen LogP contribution in [0.4, 0.5) is 10.2 Å². The second-order valence-electron chi connectivity index (χ2n) is 8.76. The SMILES string of the molecule is COc1cccc2c1cc(C)n2CCNc1cc(-c2ccc(C(N)(CCSC)C(=O)O)c(F)c2)ncn1. The third kappa shape index (κ3) is 5.40. The van der Waals surface area contributed by atoms with Crippen LogP contribution in [-0.4, -0.2) is 51.3 Å². The van der Waals surface area contributed by atoms with Gasteiger partial charge in [0.15, 0.2) is 0 Å². The molecule has 10 heteroatoms. The number of ether oxygens (including phenoxy) is 1. The summed E-state index contributed by atoms with van der Waals surface area (Å²) in [4.78, 5) is 20.4. The van der Waals surface area contributed by atoms with Gasteiger partial charge in [-0.25, -0.2) is 19.2 Å². The van der Waals surface area contributed by atoms with Crippen LogP contribution < -0.4 is 15.8 Å². The van der Waals surface area contributed by atoms with Gasteiger partial charge in [-0.05, 0) is 49.6 Å². The zero-order valence-electron chi connectivity index (χ0n) is 21.0. The van der Waals surface area contributed by atoms with E-state index in [1.165, 1.54) is 30.2 Å². The van der Waals surface area contributed by atoms with E-state index in [0.717, 1.165) is 22.3 Å². The quantitative estimate of drug-likeness (QED) is 0.260. The number of methoxy groups -OCH3 is 1. The van der Waals surface area contributed by atoms with E-state index < -0.39 is 17.3 Å². The van der Waals surface area contributed by atoms with Gasteiger partial charge in [0.2, 0.25) is 0 Å². The topological polar surface area (TPSA) is 115 Å². The Labute approximate surface area is 219 Å². The number of carbonyl (C=O) groups is 1. The zero-order chi connectivity index (χ0) is 26.6. The van der Waals surface area contributed by atoms with E-state index in [0.29, 0.717) is 35.9 Å². The fourth-order valence-electron chi connectivity index (χ4n) is 4.43. The number of nitrogens with one attached hydrogen (secondary N) is 1. The lowest BCUT2D eigenvalue weighted by Crippen LogP contribution is -2.46. The molecule has 4 N–H and O–H groups in total. The molecule has 2 heterocycles. The average molecular weight is 524 g/mol. The fraction of sp³-hybridized carbons (Fsp3) is 0.296. The summed E-state index contributed by atoms with van der Waals surface area (Å²) in [6.45, 7) is 3.37. The highest BCUT2D eigenvalue weighted by molar-refractivity contribution is 7.98. The Hall–Kier alpha value is -3.63. The number of fused-ring (bicyclic) bond motifs is 1. The van der Waals surface area contributed by atoms with E-state index in [1.807, 2.05) is 18.4 Å². The number of thioether (sulfide) groups is 1. The van der Waals surface area contributed by atoms with Crippen LogP contribution in [0.3, 0.4) is 0 Å². The first-order chi connectivity index (χ1) is 17.8. The van der Waals surface area contributed by atoms with Gasteiger partial charge in [0.1, 0.15) is 29.3 Å². The molecular weight excluding hydrogens is 493 g/mol. The Kier molecular flexibility index (Phi) is 7.99. The van der Waals surface area contributed by atoms with Gasteiger partial charge in [0.05, 0.1) is 18.3 Å². The minimum absolute atomic E-state index is 0.0452. The minimum Gasteiger partial charge on any atom is -0.496 e. The fourth-order valence-corrected chi connectivity index (χ4v) is 4.95. The summed E-state index contributed by atoms with van der Waals surface area (Å²) in [6.07, 6.45) is 3.37. The van der Waals surface area contributed by atoms with Crippen molar-refractivity contribution in [3.05, 3.63) is 71.9 Å². The average Bonchev–Trinajstić information content (AvgIpc) is 3.22. The first-order valence-electron chi connectivity index (χ1n) is 11.8. The first kappa shape index (κ1) is 26.4. The van der Waals surface area contributed by atoms with Crippen molar-refractivity contribution in [2.24, 2.45) is 5.73 Å². The lowest BCUT2D eigenvalue weighted by Gasteiger charge is -2.25. The van der Waals surface area contributed by atoms with Gasteiger partial charge in [-0.15, -0.1) is 0 Å². The van der Waals surface area contributed by atoms with Crippen molar-refractivity contribution in [2.75, 3.05) is 31.0 Å². The molecule has 194 valence electrons. The summed E-state index contributed by atoms with van der Waals surface area (Å²) in [5.41, 5.74) is 7.50. The Morgan fingerprint density at radius 1 is 1.24 bits per heavy atom. The Morgan fingerprint density at radius 2 is 2.05 bits per heavy atom. The van der Waals surface area contributed by atoms with Crippen LogP contribution in [0.5, 0.6) is 5.75 Å². The van der Waals surface area contributed by atoms with E-state index in [4.69, 9.17) is 10.5 Å². The highest BCUT2D eigenvalue weighted by Crippen LogP contribution is 2.31. The number of aromatic nitrogens is 3. The van der Waals surface area contributed by atoms with E-state index in [9.17, 15) is 9.90 Å². The van der Waals surface area contributed by atoms with Gasteiger partial charge in [-0.1, -0.05) is 18.2 Å². The van der Waals surface area contributed by atoms with Gasteiger partial charge in [-0.3, -0.25) is 0 Å². The highest BCUT2D eigenvalue weighted by Gasteiger charge is 2.38. The number of aryl methyl sites for hydroxylation is 1. The number of rotatable bonds is 11. The normalized spacial score (nSPS) is 12.9. The molecule has 4 aromatic rings. The number of halogens is 1. The predicted molar refractivity (Wildman–Crippen MR) is 146 cm³/mol. The second kappa shape index (κ2) is 11.2. The molecule has 0 spiro atoms. The number of anilines is 1. The second-order valence-corrected chi connectivity index (χ2v) is 9.75. The molecule has 0 bridgehead atoms. The van der Waals surface area contributed by atoms with Crippen molar-refractivity contribution < 1.29 is 19.0 Å². The number of carboxylic acid groups (broad SMARTS) is 1. The Bertz CT molecular complexity index is 1430. The van der Waals surface area contributed by atoms with Crippen LogP contribution >= 0.6 is 11.8 Å². The van der Waals surface area contributed by atoms with Crippen LogP contribution in [0, 0.1) is 12.7 Å². The molecule has 2 aromatic carbocycles. The van der Waals surface area contributed by atoms with Crippen molar-refractivity contribution in [1.82, 2.24) is 14.5 Å². The number of hydrogen-bond acceptors (Lipinski definition) is 7. The number of nitrogens with two attached hydrogens (primary N) is 1. The van der Waals surface area contributed by atoms with Gasteiger partial charge >= 0.3 is 5.97 Å². The van der Waals surface area contributed by atoms with Crippen molar-refractivity contribution in [2.45, 2.75) is 25.4 Å².